The molecule has 2 aromatic heterocycles. The van der Waals surface area contributed by atoms with Gasteiger partial charge in [-0.2, -0.15) is 0 Å². The van der Waals surface area contributed by atoms with Gasteiger partial charge in [0.1, 0.15) is 0 Å². The maximum atomic E-state index is 3.49. The molecule has 0 aliphatic carbocycles. The molecule has 0 bridgehead atoms. The van der Waals surface area contributed by atoms with Crippen molar-refractivity contribution in [2.75, 3.05) is 6.54 Å². The average Bonchev–Trinajstić information content (AvgIpc) is 3.11. The largest absolute Gasteiger partial charge is 0.342 e. The van der Waals surface area contributed by atoms with Crippen LogP contribution in [0.2, 0.25) is 0 Å². The predicted molar refractivity (Wildman–Crippen MR) is 87.4 cm³/mol. The van der Waals surface area contributed by atoms with Crippen LogP contribution in [0.1, 0.15) is 23.8 Å². The van der Waals surface area contributed by atoms with Gasteiger partial charge < -0.3 is 9.88 Å². The van der Waals surface area contributed by atoms with E-state index < -0.39 is 0 Å². The molecule has 0 fully saturated rings. The first-order valence-electron chi connectivity index (χ1n) is 7.18. The summed E-state index contributed by atoms with van der Waals surface area (Å²) in [6, 6.07) is 13.2. The number of hydrogen-bond donors (Lipinski definition) is 1. The molecule has 0 amide bonds. The van der Waals surface area contributed by atoms with E-state index in [0.29, 0.717) is 0 Å². The van der Waals surface area contributed by atoms with Crippen LogP contribution in [-0.4, -0.2) is 11.1 Å². The van der Waals surface area contributed by atoms with Gasteiger partial charge in [-0.05, 0) is 42.1 Å². The molecule has 3 aromatic rings. The highest BCUT2D eigenvalue weighted by Gasteiger charge is 2.06. The van der Waals surface area contributed by atoms with Crippen molar-refractivity contribution in [2.24, 2.45) is 0 Å². The zero-order valence-corrected chi connectivity index (χ0v) is 12.6. The topological polar surface area (TPSA) is 17.0 Å². The molecule has 2 nitrogen and oxygen atoms in total. The summed E-state index contributed by atoms with van der Waals surface area (Å²) in [7, 11) is 0. The molecule has 3 heteroatoms. The third kappa shape index (κ3) is 2.79. The van der Waals surface area contributed by atoms with Crippen molar-refractivity contribution in [1.82, 2.24) is 9.88 Å². The minimum atomic E-state index is 0.953. The van der Waals surface area contributed by atoms with Crippen molar-refractivity contribution in [3.8, 4) is 0 Å². The van der Waals surface area contributed by atoms with Gasteiger partial charge in [0.2, 0.25) is 0 Å². The van der Waals surface area contributed by atoms with Gasteiger partial charge in [0.15, 0.2) is 0 Å². The summed E-state index contributed by atoms with van der Waals surface area (Å²) in [4.78, 5) is 1.40. The normalized spacial score (nSPS) is 11.2. The molecule has 104 valence electrons. The molecule has 0 radical (unpaired) electrons. The van der Waals surface area contributed by atoms with Gasteiger partial charge in [-0.3, -0.25) is 0 Å². The highest BCUT2D eigenvalue weighted by molar-refractivity contribution is 7.09. The van der Waals surface area contributed by atoms with Crippen LogP contribution in [-0.2, 0) is 13.1 Å². The fourth-order valence-electron chi connectivity index (χ4n) is 2.55. The predicted octanol–water partition coefficient (Wildman–Crippen LogP) is 4.25. The first-order valence-corrected chi connectivity index (χ1v) is 8.06. The van der Waals surface area contributed by atoms with Crippen LogP contribution in [0.4, 0.5) is 0 Å². The lowest BCUT2D eigenvalue weighted by Crippen LogP contribution is -2.13. The van der Waals surface area contributed by atoms with E-state index >= 15 is 0 Å². The standard InChI is InChI=1S/C17H20N2S/c1-2-9-18-12-14-5-3-7-17-16(14)8-10-19(17)13-15-6-4-11-20-15/h3-8,10-11,18H,2,9,12-13H2,1H3. The van der Waals surface area contributed by atoms with E-state index in [0.717, 1.165) is 19.6 Å². The van der Waals surface area contributed by atoms with Gasteiger partial charge in [0.25, 0.3) is 0 Å². The Morgan fingerprint density at radius 2 is 2.10 bits per heavy atom. The van der Waals surface area contributed by atoms with E-state index in [1.165, 1.54) is 27.8 Å². The number of fused-ring (bicyclic) bond motifs is 1. The van der Waals surface area contributed by atoms with Gasteiger partial charge in [-0.1, -0.05) is 25.1 Å². The van der Waals surface area contributed by atoms with E-state index in [-0.39, 0.29) is 0 Å². The van der Waals surface area contributed by atoms with Gasteiger partial charge in [0, 0.05) is 28.5 Å². The van der Waals surface area contributed by atoms with Crippen LogP contribution in [0.5, 0.6) is 0 Å². The summed E-state index contributed by atoms with van der Waals surface area (Å²) in [6.07, 6.45) is 3.38. The van der Waals surface area contributed by atoms with E-state index in [2.05, 4.69) is 64.8 Å². The summed E-state index contributed by atoms with van der Waals surface area (Å²) in [6.45, 7) is 5.19. The molecular weight excluding hydrogens is 264 g/mol. The van der Waals surface area contributed by atoms with Crippen molar-refractivity contribution in [2.45, 2.75) is 26.4 Å². The number of hydrogen-bond acceptors (Lipinski definition) is 2. The zero-order valence-electron chi connectivity index (χ0n) is 11.8. The smallest absolute Gasteiger partial charge is 0.0569 e. The maximum Gasteiger partial charge on any atom is 0.0569 e. The van der Waals surface area contributed by atoms with Crippen molar-refractivity contribution in [1.29, 1.82) is 0 Å². The third-order valence-corrected chi connectivity index (χ3v) is 4.41. The Balaban J connectivity index is 1.87. The number of nitrogens with zero attached hydrogens (tertiary/aromatic N) is 1. The van der Waals surface area contributed by atoms with Crippen molar-refractivity contribution >= 4 is 22.2 Å². The Hall–Kier alpha value is -1.58. The van der Waals surface area contributed by atoms with Crippen LogP contribution in [0.25, 0.3) is 10.9 Å². The molecule has 0 aliphatic rings. The number of nitrogens with one attached hydrogen (secondary N) is 1. The summed E-state index contributed by atoms with van der Waals surface area (Å²) in [5, 5.41) is 7.00. The molecule has 1 aromatic carbocycles. The number of aromatic nitrogens is 1. The van der Waals surface area contributed by atoms with E-state index in [1.54, 1.807) is 0 Å². The Labute approximate surface area is 124 Å². The molecular formula is C17H20N2S. The van der Waals surface area contributed by atoms with Crippen LogP contribution < -0.4 is 5.32 Å². The van der Waals surface area contributed by atoms with Gasteiger partial charge in [-0.25, -0.2) is 0 Å². The highest BCUT2D eigenvalue weighted by atomic mass is 32.1. The second kappa shape index (κ2) is 6.25. The molecule has 0 unspecified atom stereocenters. The van der Waals surface area contributed by atoms with Crippen molar-refractivity contribution in [3.63, 3.8) is 0 Å². The second-order valence-electron chi connectivity index (χ2n) is 5.05. The third-order valence-electron chi connectivity index (χ3n) is 3.55. The molecule has 0 atom stereocenters. The quantitative estimate of drug-likeness (QED) is 0.670. The lowest BCUT2D eigenvalue weighted by Gasteiger charge is -2.07. The minimum absolute atomic E-state index is 0.953. The molecule has 0 saturated heterocycles. The second-order valence-corrected chi connectivity index (χ2v) is 6.08. The van der Waals surface area contributed by atoms with E-state index in [9.17, 15) is 0 Å². The maximum absolute atomic E-state index is 3.49. The van der Waals surface area contributed by atoms with Crippen LogP contribution in [0.3, 0.4) is 0 Å². The molecule has 0 saturated carbocycles. The summed E-state index contributed by atoms with van der Waals surface area (Å²) < 4.78 is 2.34. The first-order chi connectivity index (χ1) is 9.88. The Morgan fingerprint density at radius 1 is 1.15 bits per heavy atom. The number of benzene rings is 1. The molecule has 0 spiro atoms. The van der Waals surface area contributed by atoms with Crippen molar-refractivity contribution in [3.05, 3.63) is 58.4 Å². The van der Waals surface area contributed by atoms with Crippen LogP contribution in [0.15, 0.2) is 48.0 Å². The van der Waals surface area contributed by atoms with Crippen LogP contribution in [0, 0.1) is 0 Å². The van der Waals surface area contributed by atoms with Crippen molar-refractivity contribution < 1.29 is 0 Å². The van der Waals surface area contributed by atoms with Gasteiger partial charge >= 0.3 is 0 Å². The number of thiophene rings is 1. The van der Waals surface area contributed by atoms with Crippen LogP contribution >= 0.6 is 11.3 Å². The minimum Gasteiger partial charge on any atom is -0.342 e. The molecule has 20 heavy (non-hydrogen) atoms. The molecule has 3 rings (SSSR count). The van der Waals surface area contributed by atoms with Gasteiger partial charge in [0.05, 0.1) is 6.54 Å². The van der Waals surface area contributed by atoms with Gasteiger partial charge in [-0.15, -0.1) is 11.3 Å². The zero-order chi connectivity index (χ0) is 13.8. The summed E-state index contributed by atoms with van der Waals surface area (Å²) in [5.74, 6) is 0. The molecule has 0 aliphatic heterocycles. The Morgan fingerprint density at radius 3 is 2.90 bits per heavy atom. The lowest BCUT2D eigenvalue weighted by molar-refractivity contribution is 0.678. The van der Waals surface area contributed by atoms with E-state index in [4.69, 9.17) is 0 Å². The lowest BCUT2D eigenvalue weighted by atomic mass is 10.1. The first kappa shape index (κ1) is 13.4. The Bertz CT molecular complexity index is 667. The number of rotatable bonds is 6. The SMILES string of the molecule is CCCNCc1cccc2c1ccn2Cc1cccs1. The highest BCUT2D eigenvalue weighted by Crippen LogP contribution is 2.22. The average molecular weight is 284 g/mol. The summed E-state index contributed by atoms with van der Waals surface area (Å²) >= 11 is 1.82. The Kier molecular flexibility index (Phi) is 4.19. The fourth-order valence-corrected chi connectivity index (χ4v) is 3.25. The fraction of sp³-hybridized carbons (Fsp3) is 0.294. The molecule has 2 heterocycles. The molecule has 1 N–H and O–H groups in total. The van der Waals surface area contributed by atoms with E-state index in [1.807, 2.05) is 11.3 Å². The monoisotopic (exact) mass is 284 g/mol. The summed E-state index contributed by atoms with van der Waals surface area (Å²) in [5.41, 5.74) is 2.72.